The quantitative estimate of drug-likeness (QED) is 0.0253. The van der Waals surface area contributed by atoms with Gasteiger partial charge in [0.15, 0.2) is 33.5 Å². The number of hydrogen-bond acceptors (Lipinski definition) is 23. The van der Waals surface area contributed by atoms with Gasteiger partial charge in [0, 0.05) is 29.2 Å². The molecule has 18 rings (SSSR count). The summed E-state index contributed by atoms with van der Waals surface area (Å²) in [5, 5.41) is 52.3. The molecule has 9 heterocycles. The molecular weight excluding hydrogens is 1420 g/mol. The number of anilines is 5. The van der Waals surface area contributed by atoms with Crippen LogP contribution in [0.2, 0.25) is 5.28 Å². The minimum Gasteiger partial charge on any atom is -0.478 e. The van der Waals surface area contributed by atoms with Gasteiger partial charge in [-0.2, -0.15) is 29.0 Å². The lowest BCUT2D eigenvalue weighted by molar-refractivity contribution is 0.0686. The normalized spacial score (nSPS) is 15.2. The van der Waals surface area contributed by atoms with Gasteiger partial charge in [-0.25, -0.2) is 33.0 Å². The van der Waals surface area contributed by atoms with E-state index in [1.807, 2.05) is 36.4 Å². The number of amides is 1. The zero-order valence-electron chi connectivity index (χ0n) is 60.4. The molecule has 0 unspecified atom stereocenters. The van der Waals surface area contributed by atoms with Gasteiger partial charge in [0.1, 0.15) is 9.84 Å². The number of carbonyl (C=O) groups excluding carboxylic acids is 1. The van der Waals surface area contributed by atoms with Gasteiger partial charge >= 0.3 is 11.9 Å². The number of nitrogens with one attached hydrogen (secondary N) is 3. The fraction of sp³-hybridized carbons (Fsp3) is 0.346. The summed E-state index contributed by atoms with van der Waals surface area (Å²) in [5.74, 6) is -0.392. The second kappa shape index (κ2) is 36.1. The smallest absolute Gasteiger partial charge is 0.335 e. The summed E-state index contributed by atoms with van der Waals surface area (Å²) >= 11 is 5.84. The van der Waals surface area contributed by atoms with Crippen LogP contribution in [0.15, 0.2) is 146 Å². The topological polar surface area (TPSA) is 390 Å². The second-order valence-corrected chi connectivity index (χ2v) is 30.1. The van der Waals surface area contributed by atoms with Gasteiger partial charge in [0.25, 0.3) is 5.91 Å². The number of aromatic nitrogens is 15. The van der Waals surface area contributed by atoms with E-state index in [1.165, 1.54) is 148 Å². The summed E-state index contributed by atoms with van der Waals surface area (Å²) in [4.78, 5) is 65.0. The third kappa shape index (κ3) is 20.1. The van der Waals surface area contributed by atoms with Crippen LogP contribution in [-0.2, 0) is 48.4 Å². The number of likely N-dealkylation sites (tertiary alicyclic amines) is 2. The number of aryl methyl sites for hydroxylation is 6. The van der Waals surface area contributed by atoms with Crippen LogP contribution in [0, 0.1) is 0 Å². The molecule has 0 atom stereocenters. The van der Waals surface area contributed by atoms with E-state index in [0.717, 1.165) is 87.2 Å². The first-order valence-corrected chi connectivity index (χ1v) is 39.2. The van der Waals surface area contributed by atoms with Gasteiger partial charge in [-0.05, 0) is 291 Å². The minimum absolute atomic E-state index is 0.0738. The molecule has 9 N–H and O–H groups in total. The summed E-state index contributed by atoms with van der Waals surface area (Å²) in [6, 6.07) is 39.2. The third-order valence-corrected chi connectivity index (χ3v) is 21.6. The second-order valence-electron chi connectivity index (χ2n) is 27.4. The average Bonchev–Trinajstić information content (AvgIpc) is 1.67. The van der Waals surface area contributed by atoms with Crippen LogP contribution in [0.3, 0.4) is 0 Å². The van der Waals surface area contributed by atoms with Crippen molar-refractivity contribution in [1.82, 2.24) is 90.0 Å². The highest BCUT2D eigenvalue weighted by molar-refractivity contribution is 7.91. The number of rotatable bonds is 17. The van der Waals surface area contributed by atoms with Gasteiger partial charge in [-0.15, -0.1) is 15.3 Å². The number of nitrogens with two attached hydrogens (primary N) is 2. The number of sulfone groups is 1. The number of fused-ring (bicyclic) bond motifs is 6. The Hall–Kier alpha value is -11.3. The molecule has 6 aromatic carbocycles. The number of nitrogens with zero attached hydrogens (tertiary/aromatic N) is 17. The monoisotopic (exact) mass is 1510 g/mol. The molecule has 3 aliphatic carbocycles. The standard InChI is InChI=1S/C27H30N8O.C20H16N6O2.C13H10ClN5.C7H16N2.C7H7NO2.C4H8O2S/c36-26(28-12-5-15-34-13-1-2-14-34)21-8-4-9-22(16-21)30-27-29-18-24-25(31-27)35(33-32-24)23-11-10-19-6-3-7-20(19)17-23;27-19(28)14-5-2-6-15(9-14)22-20-21-11-17-18(23-20)26(25-24-17)16-8-7-12-3-1-4-13(12)10-16;14-13-15-7-11-12(16-13)19(18-17-11)10-5-4-8-2-1-3-9(8)6-10;8-4-3-7-9-5-1-2-6-9;8-6-3-1-2-5(4-6)7(9)10;5-7(6)3-1-2-4-7/h4,8-11,16-18H,1-3,5-7,12-15H2,(H,28,36)(H,29,30,31);2,5-11H,1,3-4H2,(H,27,28)(H,21,22,23);4-7H,1-3H2;1-8H2;1-4H,8H2,(H,9,10);1-4H2. The third-order valence-electron chi connectivity index (χ3n) is 19.6. The molecule has 29 nitrogen and oxygen atoms in total. The molecule has 3 fully saturated rings. The fourth-order valence-electron chi connectivity index (χ4n) is 14.0. The predicted octanol–water partition coefficient (Wildman–Crippen LogP) is 10.7. The van der Waals surface area contributed by atoms with Crippen LogP contribution in [0.1, 0.15) is 135 Å². The van der Waals surface area contributed by atoms with Gasteiger partial charge in [-0.1, -0.05) is 52.0 Å². The molecule has 564 valence electrons. The van der Waals surface area contributed by atoms with E-state index in [2.05, 4.69) is 129 Å². The Balaban J connectivity index is 0.000000126. The Kier molecular flexibility index (Phi) is 25.1. The van der Waals surface area contributed by atoms with E-state index in [1.54, 1.807) is 56.9 Å². The zero-order valence-corrected chi connectivity index (χ0v) is 62.0. The molecule has 6 aliphatic rings. The number of benzene rings is 6. The molecule has 1 amide bonds. The first-order valence-electron chi connectivity index (χ1n) is 37.0. The maximum Gasteiger partial charge on any atom is 0.335 e. The van der Waals surface area contributed by atoms with Crippen LogP contribution in [0.4, 0.5) is 29.0 Å². The van der Waals surface area contributed by atoms with Crippen molar-refractivity contribution in [3.8, 4) is 17.1 Å². The van der Waals surface area contributed by atoms with Crippen LogP contribution in [0.5, 0.6) is 0 Å². The van der Waals surface area contributed by atoms with Gasteiger partial charge in [-0.3, -0.25) is 4.79 Å². The number of carbonyl (C=O) groups is 3. The predicted molar refractivity (Wildman–Crippen MR) is 419 cm³/mol. The lowest BCUT2D eigenvalue weighted by atomic mass is 10.1. The summed E-state index contributed by atoms with van der Waals surface area (Å²) in [6.45, 7) is 8.75. The van der Waals surface area contributed by atoms with Crippen LogP contribution < -0.4 is 27.4 Å². The number of carboxylic acids is 2. The summed E-state index contributed by atoms with van der Waals surface area (Å²) in [6.07, 6.45) is 24.4. The first-order chi connectivity index (χ1) is 53.0. The van der Waals surface area contributed by atoms with Crippen molar-refractivity contribution in [3.63, 3.8) is 0 Å². The number of carboxylic acid groups (broad SMARTS) is 2. The highest BCUT2D eigenvalue weighted by Gasteiger charge is 2.21. The molecule has 3 saturated heterocycles. The molecular formula is C78H87ClN22O7S. The van der Waals surface area contributed by atoms with Crippen molar-refractivity contribution in [2.75, 3.05) is 80.2 Å². The Morgan fingerprint density at radius 3 is 1.31 bits per heavy atom. The molecule has 0 spiro atoms. The number of nitrogen functional groups attached to an aromatic ring is 1. The van der Waals surface area contributed by atoms with Crippen molar-refractivity contribution < 1.29 is 33.0 Å². The minimum atomic E-state index is -2.55. The molecule has 31 heteroatoms. The Bertz CT molecular complexity index is 5300. The Morgan fingerprint density at radius 2 is 0.881 bits per heavy atom. The number of halogens is 1. The van der Waals surface area contributed by atoms with E-state index in [4.69, 9.17) is 33.3 Å². The lowest BCUT2D eigenvalue weighted by Crippen LogP contribution is -2.28. The SMILES string of the molecule is Clc1ncc2nnn(-c3ccc4c(c3)CCC4)c2n1.NCCCN1CCCC1.Nc1cccc(C(=O)O)c1.O=C(NCCCN1CCCC1)c1cccc(Nc2ncc3nnn(-c4ccc5c(c4)CCC5)c3n2)c1.O=C(O)c1cccc(Nc2ncc3nnn(-c4ccc5c(c4)CCC5)c3n2)c1.O=S1(=O)CCCC1. The number of aromatic carboxylic acids is 2. The molecule has 12 aromatic rings. The van der Waals surface area contributed by atoms with Gasteiger partial charge in [0.05, 0.1) is 58.3 Å². The first kappa shape index (κ1) is 75.9. The van der Waals surface area contributed by atoms with E-state index in [-0.39, 0.29) is 22.3 Å². The fourth-order valence-corrected chi connectivity index (χ4v) is 15.6. The van der Waals surface area contributed by atoms with Crippen LogP contribution in [-0.4, -0.2) is 185 Å². The van der Waals surface area contributed by atoms with E-state index in [0.29, 0.717) is 80.4 Å². The van der Waals surface area contributed by atoms with Crippen molar-refractivity contribution in [2.24, 2.45) is 5.73 Å². The van der Waals surface area contributed by atoms with Gasteiger partial charge in [0.2, 0.25) is 17.2 Å². The van der Waals surface area contributed by atoms with E-state index >= 15 is 0 Å². The van der Waals surface area contributed by atoms with Crippen LogP contribution in [0.25, 0.3) is 50.6 Å². The van der Waals surface area contributed by atoms with E-state index < -0.39 is 21.8 Å². The van der Waals surface area contributed by atoms with E-state index in [9.17, 15) is 22.8 Å². The number of hydrogen-bond donors (Lipinski definition) is 7. The van der Waals surface area contributed by atoms with Crippen LogP contribution >= 0.6 is 11.6 Å². The average molecular weight is 1510 g/mol. The van der Waals surface area contributed by atoms with Crippen molar-refractivity contribution >= 4 is 102 Å². The summed E-state index contributed by atoms with van der Waals surface area (Å²) < 4.78 is 26.0. The highest BCUT2D eigenvalue weighted by atomic mass is 35.5. The molecule has 109 heavy (non-hydrogen) atoms. The maximum absolute atomic E-state index is 12.7. The molecule has 0 saturated carbocycles. The maximum atomic E-state index is 12.7. The largest absolute Gasteiger partial charge is 0.478 e. The summed E-state index contributed by atoms with van der Waals surface area (Å²) in [5.41, 5.74) is 28.4. The van der Waals surface area contributed by atoms with Gasteiger partial charge < -0.3 is 47.4 Å². The van der Waals surface area contributed by atoms with Crippen molar-refractivity contribution in [2.45, 2.75) is 109 Å². The van der Waals surface area contributed by atoms with Crippen molar-refractivity contribution in [3.05, 3.63) is 201 Å². The molecule has 3 aliphatic heterocycles. The Labute approximate surface area is 634 Å². The molecule has 0 radical (unpaired) electrons. The zero-order chi connectivity index (χ0) is 75.6. The van der Waals surface area contributed by atoms with Crippen molar-refractivity contribution in [1.29, 1.82) is 0 Å². The Morgan fingerprint density at radius 1 is 0.468 bits per heavy atom. The molecule has 6 aromatic heterocycles. The summed E-state index contributed by atoms with van der Waals surface area (Å²) in [7, 11) is -2.55. The molecule has 0 bridgehead atoms. The highest BCUT2D eigenvalue weighted by Crippen LogP contribution is 2.30. The lowest BCUT2D eigenvalue weighted by Gasteiger charge is -2.14.